The number of carboxylic acids is 1. The van der Waals surface area contributed by atoms with Crippen LogP contribution in [-0.2, 0) is 14.3 Å². The Bertz CT molecular complexity index is 388. The summed E-state index contributed by atoms with van der Waals surface area (Å²) in [5.74, 6) is -1.48. The monoisotopic (exact) mass is 301 g/mol. The van der Waals surface area contributed by atoms with E-state index in [0.29, 0.717) is 32.4 Å². The van der Waals surface area contributed by atoms with Crippen molar-refractivity contribution in [2.75, 3.05) is 33.9 Å². The Hall–Kier alpha value is -1.83. The maximum absolute atomic E-state index is 11.9. The number of methoxy groups -OCH3 is 1. The van der Waals surface area contributed by atoms with Crippen LogP contribution in [-0.4, -0.2) is 67.8 Å². The Kier molecular flexibility index (Phi) is 6.93. The van der Waals surface area contributed by atoms with Crippen LogP contribution in [0, 0.1) is 5.92 Å². The third-order valence-corrected chi connectivity index (χ3v) is 3.47. The summed E-state index contributed by atoms with van der Waals surface area (Å²) in [4.78, 5) is 35.6. The molecule has 0 heterocycles. The van der Waals surface area contributed by atoms with Crippen LogP contribution in [0.1, 0.15) is 19.3 Å². The van der Waals surface area contributed by atoms with Gasteiger partial charge in [-0.15, -0.1) is 0 Å². The first-order chi connectivity index (χ1) is 9.93. The minimum absolute atomic E-state index is 0.0510. The first kappa shape index (κ1) is 17.2. The second-order valence-electron chi connectivity index (χ2n) is 5.19. The summed E-state index contributed by atoms with van der Waals surface area (Å²) < 4.78 is 4.81. The third-order valence-electron chi connectivity index (χ3n) is 3.47. The highest BCUT2D eigenvalue weighted by Crippen LogP contribution is 2.25. The van der Waals surface area contributed by atoms with E-state index in [1.165, 1.54) is 19.1 Å². The minimum atomic E-state index is -0.822. The molecule has 8 heteroatoms. The van der Waals surface area contributed by atoms with Gasteiger partial charge in [0.1, 0.15) is 6.54 Å². The van der Waals surface area contributed by atoms with E-state index in [4.69, 9.17) is 9.84 Å². The maximum atomic E-state index is 11.9. The van der Waals surface area contributed by atoms with E-state index in [1.807, 2.05) is 0 Å². The lowest BCUT2D eigenvalue weighted by Crippen LogP contribution is -2.46. The average Bonchev–Trinajstić information content (AvgIpc) is 2.87. The molecule has 0 radical (unpaired) electrons. The van der Waals surface area contributed by atoms with Crippen molar-refractivity contribution in [3.63, 3.8) is 0 Å². The molecule has 0 aromatic carbocycles. The molecule has 0 aliphatic heterocycles. The van der Waals surface area contributed by atoms with Gasteiger partial charge in [-0.1, -0.05) is 0 Å². The Labute approximate surface area is 123 Å². The minimum Gasteiger partial charge on any atom is -0.481 e. The van der Waals surface area contributed by atoms with Crippen molar-refractivity contribution >= 4 is 17.9 Å². The fourth-order valence-corrected chi connectivity index (χ4v) is 2.26. The van der Waals surface area contributed by atoms with Crippen LogP contribution < -0.4 is 10.6 Å². The Morgan fingerprint density at radius 1 is 1.33 bits per heavy atom. The molecule has 0 bridgehead atoms. The van der Waals surface area contributed by atoms with E-state index < -0.39 is 11.9 Å². The van der Waals surface area contributed by atoms with Gasteiger partial charge in [0.05, 0.1) is 12.5 Å². The lowest BCUT2D eigenvalue weighted by molar-refractivity contribution is -0.141. The normalized spacial score (nSPS) is 20.9. The number of nitrogens with one attached hydrogen (secondary N) is 2. The fourth-order valence-electron chi connectivity index (χ4n) is 2.26. The molecule has 0 saturated heterocycles. The summed E-state index contributed by atoms with van der Waals surface area (Å²) in [6, 6.07) is -0.509. The zero-order valence-corrected chi connectivity index (χ0v) is 12.4. The van der Waals surface area contributed by atoms with Crippen molar-refractivity contribution in [1.82, 2.24) is 15.5 Å². The molecule has 0 unspecified atom stereocenters. The number of ether oxygens (including phenoxy) is 1. The van der Waals surface area contributed by atoms with E-state index in [0.717, 1.165) is 0 Å². The molecule has 120 valence electrons. The van der Waals surface area contributed by atoms with Gasteiger partial charge >= 0.3 is 12.0 Å². The van der Waals surface area contributed by atoms with Gasteiger partial charge in [-0.3, -0.25) is 9.59 Å². The van der Waals surface area contributed by atoms with Crippen LogP contribution in [0.15, 0.2) is 0 Å². The Balaban J connectivity index is 2.28. The predicted molar refractivity (Wildman–Crippen MR) is 74.8 cm³/mol. The first-order valence-electron chi connectivity index (χ1n) is 6.94. The number of rotatable bonds is 7. The number of urea groups is 1. The second-order valence-corrected chi connectivity index (χ2v) is 5.19. The molecule has 1 fully saturated rings. The molecular formula is C13H23N3O5. The van der Waals surface area contributed by atoms with E-state index in [2.05, 4.69) is 10.6 Å². The van der Waals surface area contributed by atoms with E-state index in [1.54, 1.807) is 0 Å². The highest BCUT2D eigenvalue weighted by atomic mass is 16.5. The Morgan fingerprint density at radius 2 is 2.05 bits per heavy atom. The highest BCUT2D eigenvalue weighted by Gasteiger charge is 2.31. The van der Waals surface area contributed by atoms with Gasteiger partial charge in [0.25, 0.3) is 0 Å². The number of nitrogens with zero attached hydrogens (tertiary/aromatic N) is 1. The quantitative estimate of drug-likeness (QED) is 0.557. The summed E-state index contributed by atoms with van der Waals surface area (Å²) in [5.41, 5.74) is 0. The molecule has 8 nitrogen and oxygen atoms in total. The lowest BCUT2D eigenvalue weighted by Gasteiger charge is -2.20. The SMILES string of the molecule is COCCNC(=O)CN(C)C(=O)N[C@H]1CC[C@@H](C(=O)O)C1. The number of aliphatic carboxylic acids is 1. The molecule has 1 aliphatic rings. The molecule has 1 aliphatic carbocycles. The van der Waals surface area contributed by atoms with Crippen LogP contribution in [0.25, 0.3) is 0 Å². The van der Waals surface area contributed by atoms with Gasteiger partial charge in [0.15, 0.2) is 0 Å². The second kappa shape index (κ2) is 8.46. The topological polar surface area (TPSA) is 108 Å². The van der Waals surface area contributed by atoms with Gasteiger partial charge in [-0.25, -0.2) is 4.79 Å². The Morgan fingerprint density at radius 3 is 2.62 bits per heavy atom. The molecule has 0 spiro atoms. The maximum Gasteiger partial charge on any atom is 0.317 e. The first-order valence-corrected chi connectivity index (χ1v) is 6.94. The van der Waals surface area contributed by atoms with Crippen molar-refractivity contribution in [2.45, 2.75) is 25.3 Å². The zero-order valence-electron chi connectivity index (χ0n) is 12.4. The molecule has 0 aromatic heterocycles. The van der Waals surface area contributed by atoms with Crippen LogP contribution in [0.2, 0.25) is 0 Å². The number of carbonyl (C=O) groups excluding carboxylic acids is 2. The molecule has 21 heavy (non-hydrogen) atoms. The number of likely N-dealkylation sites (N-methyl/N-ethyl adjacent to an activating group) is 1. The number of hydrogen-bond acceptors (Lipinski definition) is 4. The van der Waals surface area contributed by atoms with Crippen molar-refractivity contribution < 1.29 is 24.2 Å². The van der Waals surface area contributed by atoms with Gasteiger partial charge < -0.3 is 25.4 Å². The summed E-state index contributed by atoms with van der Waals surface area (Å²) in [6.45, 7) is 0.763. The van der Waals surface area contributed by atoms with Crippen molar-refractivity contribution in [1.29, 1.82) is 0 Å². The van der Waals surface area contributed by atoms with Gasteiger partial charge in [0.2, 0.25) is 5.91 Å². The van der Waals surface area contributed by atoms with Crippen molar-refractivity contribution in [2.24, 2.45) is 5.92 Å². The van der Waals surface area contributed by atoms with Crippen LogP contribution >= 0.6 is 0 Å². The van der Waals surface area contributed by atoms with E-state index >= 15 is 0 Å². The number of carboxylic acid groups (broad SMARTS) is 1. The highest BCUT2D eigenvalue weighted by molar-refractivity contribution is 5.84. The van der Waals surface area contributed by atoms with Gasteiger partial charge in [0, 0.05) is 26.7 Å². The number of hydrogen-bond donors (Lipinski definition) is 3. The smallest absolute Gasteiger partial charge is 0.317 e. The molecule has 3 amide bonds. The summed E-state index contributed by atoms with van der Waals surface area (Å²) in [7, 11) is 3.06. The molecular weight excluding hydrogens is 278 g/mol. The van der Waals surface area contributed by atoms with E-state index in [-0.39, 0.29) is 24.5 Å². The van der Waals surface area contributed by atoms with Crippen molar-refractivity contribution in [3.05, 3.63) is 0 Å². The number of amides is 3. The van der Waals surface area contributed by atoms with Crippen LogP contribution in [0.4, 0.5) is 4.79 Å². The third kappa shape index (κ3) is 5.99. The molecule has 1 rings (SSSR count). The number of carbonyl (C=O) groups is 3. The molecule has 3 N–H and O–H groups in total. The molecule has 0 aromatic rings. The average molecular weight is 301 g/mol. The van der Waals surface area contributed by atoms with Gasteiger partial charge in [-0.2, -0.15) is 0 Å². The van der Waals surface area contributed by atoms with Crippen LogP contribution in [0.3, 0.4) is 0 Å². The predicted octanol–water partition coefficient (Wildman–Crippen LogP) is -0.356. The van der Waals surface area contributed by atoms with Gasteiger partial charge in [-0.05, 0) is 19.3 Å². The summed E-state index contributed by atoms with van der Waals surface area (Å²) in [6.07, 6.45) is 1.66. The standard InChI is InChI=1S/C13H23N3O5/c1-16(8-11(17)14-5-6-21-2)13(20)15-10-4-3-9(7-10)12(18)19/h9-10H,3-8H2,1-2H3,(H,14,17)(H,15,20)(H,18,19)/t9-,10+/m1/s1. The zero-order chi connectivity index (χ0) is 15.8. The lowest BCUT2D eigenvalue weighted by atomic mass is 10.1. The fraction of sp³-hybridized carbons (Fsp3) is 0.769. The molecule has 1 saturated carbocycles. The largest absolute Gasteiger partial charge is 0.481 e. The van der Waals surface area contributed by atoms with E-state index in [9.17, 15) is 14.4 Å². The van der Waals surface area contributed by atoms with Crippen molar-refractivity contribution in [3.8, 4) is 0 Å². The molecule has 2 atom stereocenters. The van der Waals surface area contributed by atoms with Crippen LogP contribution in [0.5, 0.6) is 0 Å². The summed E-state index contributed by atoms with van der Waals surface area (Å²) in [5, 5.41) is 14.3. The summed E-state index contributed by atoms with van der Waals surface area (Å²) >= 11 is 0.